The molecule has 2 rings (SSSR count). The molecule has 0 amide bonds. The summed E-state index contributed by atoms with van der Waals surface area (Å²) in [5.41, 5.74) is 1.12. The van der Waals surface area contributed by atoms with E-state index in [1.54, 1.807) is 14.2 Å². The highest BCUT2D eigenvalue weighted by Gasteiger charge is 2.24. The lowest BCUT2D eigenvalue weighted by Gasteiger charge is -2.18. The number of thioether (sulfide) groups is 1. The van der Waals surface area contributed by atoms with E-state index in [9.17, 15) is 0 Å². The molecule has 0 aromatic heterocycles. The number of aliphatic imine (C=N–C) groups is 1. The number of ether oxygens (including phenoxy) is 2. The minimum Gasteiger partial charge on any atom is -0.493 e. The number of nitrogens with zero attached hydrogens (tertiary/aromatic N) is 1. The standard InChI is InChI=1S/C17H27N3O2S/c1-18-17(20-13-6-7-14(10-13)23-4)19-11-12-5-8-15(21-2)16(9-12)22-3/h5,8-9,13-14H,6-7,10-11H2,1-4H3,(H2,18,19,20). The molecule has 1 aromatic rings. The fourth-order valence-corrected chi connectivity index (χ4v) is 3.65. The fraction of sp³-hybridized carbons (Fsp3) is 0.588. The van der Waals surface area contributed by atoms with Gasteiger partial charge in [-0.1, -0.05) is 6.07 Å². The topological polar surface area (TPSA) is 54.9 Å². The predicted molar refractivity (Wildman–Crippen MR) is 97.8 cm³/mol. The van der Waals surface area contributed by atoms with Crippen molar-refractivity contribution in [2.45, 2.75) is 37.1 Å². The van der Waals surface area contributed by atoms with Crippen LogP contribution >= 0.6 is 11.8 Å². The summed E-state index contributed by atoms with van der Waals surface area (Å²) in [7, 11) is 5.10. The van der Waals surface area contributed by atoms with E-state index in [1.165, 1.54) is 19.3 Å². The number of rotatable bonds is 6. The van der Waals surface area contributed by atoms with Crippen LogP contribution in [-0.4, -0.2) is 44.8 Å². The smallest absolute Gasteiger partial charge is 0.191 e. The number of hydrogen-bond donors (Lipinski definition) is 2. The Kier molecular flexibility index (Phi) is 6.89. The molecule has 0 bridgehead atoms. The largest absolute Gasteiger partial charge is 0.493 e. The molecule has 0 radical (unpaired) electrons. The zero-order valence-corrected chi connectivity index (χ0v) is 15.2. The molecule has 1 aliphatic carbocycles. The third-order valence-electron chi connectivity index (χ3n) is 4.19. The van der Waals surface area contributed by atoms with Crippen LogP contribution in [0.3, 0.4) is 0 Å². The first kappa shape index (κ1) is 17.8. The van der Waals surface area contributed by atoms with E-state index in [1.807, 2.05) is 37.0 Å². The molecular weight excluding hydrogens is 310 g/mol. The van der Waals surface area contributed by atoms with Gasteiger partial charge >= 0.3 is 0 Å². The van der Waals surface area contributed by atoms with E-state index in [0.29, 0.717) is 12.6 Å². The molecule has 6 heteroatoms. The van der Waals surface area contributed by atoms with Gasteiger partial charge in [0, 0.05) is 24.9 Å². The summed E-state index contributed by atoms with van der Waals surface area (Å²) < 4.78 is 10.6. The predicted octanol–water partition coefficient (Wildman–Crippen LogP) is 2.65. The first-order valence-electron chi connectivity index (χ1n) is 7.91. The minimum absolute atomic E-state index is 0.518. The molecule has 1 saturated carbocycles. The van der Waals surface area contributed by atoms with Gasteiger partial charge in [0.1, 0.15) is 0 Å². The van der Waals surface area contributed by atoms with E-state index in [0.717, 1.165) is 28.3 Å². The monoisotopic (exact) mass is 337 g/mol. The summed E-state index contributed by atoms with van der Waals surface area (Å²) >= 11 is 1.96. The number of benzene rings is 1. The van der Waals surface area contributed by atoms with Gasteiger partial charge in [0.15, 0.2) is 17.5 Å². The van der Waals surface area contributed by atoms with Crippen molar-refractivity contribution in [3.05, 3.63) is 23.8 Å². The van der Waals surface area contributed by atoms with Crippen LogP contribution in [0, 0.1) is 0 Å². The van der Waals surface area contributed by atoms with Crippen molar-refractivity contribution >= 4 is 17.7 Å². The molecule has 128 valence electrons. The molecule has 2 N–H and O–H groups in total. The quantitative estimate of drug-likeness (QED) is 0.617. The van der Waals surface area contributed by atoms with E-state index < -0.39 is 0 Å². The Bertz CT molecular complexity index is 537. The zero-order chi connectivity index (χ0) is 16.7. The van der Waals surface area contributed by atoms with Gasteiger partial charge in [0.25, 0.3) is 0 Å². The number of methoxy groups -OCH3 is 2. The summed E-state index contributed by atoms with van der Waals surface area (Å²) in [5, 5.41) is 7.67. The molecule has 0 heterocycles. The molecule has 2 atom stereocenters. The summed E-state index contributed by atoms with van der Waals surface area (Å²) in [6.07, 6.45) is 5.89. The van der Waals surface area contributed by atoms with Gasteiger partial charge in [0.2, 0.25) is 0 Å². The molecule has 0 saturated heterocycles. The maximum Gasteiger partial charge on any atom is 0.191 e. The molecular formula is C17H27N3O2S. The third-order valence-corrected chi connectivity index (χ3v) is 5.29. The van der Waals surface area contributed by atoms with Gasteiger partial charge in [-0.2, -0.15) is 11.8 Å². The average Bonchev–Trinajstić information content (AvgIpc) is 3.05. The second kappa shape index (κ2) is 8.91. The van der Waals surface area contributed by atoms with Crippen molar-refractivity contribution in [1.29, 1.82) is 0 Å². The number of guanidine groups is 1. The molecule has 1 aliphatic rings. The molecule has 1 fully saturated rings. The Morgan fingerprint density at radius 1 is 1.26 bits per heavy atom. The average molecular weight is 337 g/mol. The second-order valence-electron chi connectivity index (χ2n) is 5.63. The van der Waals surface area contributed by atoms with E-state index >= 15 is 0 Å². The lowest BCUT2D eigenvalue weighted by molar-refractivity contribution is 0.354. The highest BCUT2D eigenvalue weighted by Crippen LogP contribution is 2.28. The van der Waals surface area contributed by atoms with Crippen molar-refractivity contribution in [3.8, 4) is 11.5 Å². The van der Waals surface area contributed by atoms with Gasteiger partial charge in [0.05, 0.1) is 14.2 Å². The summed E-state index contributed by atoms with van der Waals surface area (Å²) in [4.78, 5) is 4.33. The molecule has 1 aromatic carbocycles. The van der Waals surface area contributed by atoms with E-state index in [-0.39, 0.29) is 0 Å². The van der Waals surface area contributed by atoms with Gasteiger partial charge in [-0.25, -0.2) is 0 Å². The molecule has 0 aliphatic heterocycles. The maximum absolute atomic E-state index is 5.34. The molecule has 5 nitrogen and oxygen atoms in total. The first-order valence-corrected chi connectivity index (χ1v) is 9.19. The lowest BCUT2D eigenvalue weighted by atomic mass is 10.2. The minimum atomic E-state index is 0.518. The van der Waals surface area contributed by atoms with Gasteiger partial charge in [-0.3, -0.25) is 4.99 Å². The van der Waals surface area contributed by atoms with Crippen molar-refractivity contribution < 1.29 is 9.47 Å². The number of nitrogens with one attached hydrogen (secondary N) is 2. The van der Waals surface area contributed by atoms with Gasteiger partial charge < -0.3 is 20.1 Å². The second-order valence-corrected chi connectivity index (χ2v) is 6.77. The maximum atomic E-state index is 5.34. The van der Waals surface area contributed by atoms with Crippen molar-refractivity contribution in [2.75, 3.05) is 27.5 Å². The van der Waals surface area contributed by atoms with Crippen LogP contribution in [0.5, 0.6) is 11.5 Å². The van der Waals surface area contributed by atoms with Gasteiger partial charge in [-0.05, 0) is 43.2 Å². The Labute approximate surface area is 143 Å². The van der Waals surface area contributed by atoms with Crippen LogP contribution in [0.15, 0.2) is 23.2 Å². The van der Waals surface area contributed by atoms with Gasteiger partial charge in [-0.15, -0.1) is 0 Å². The summed E-state index contributed by atoms with van der Waals surface area (Å²) in [6.45, 7) is 0.693. The van der Waals surface area contributed by atoms with Crippen molar-refractivity contribution in [1.82, 2.24) is 10.6 Å². The lowest BCUT2D eigenvalue weighted by Crippen LogP contribution is -2.42. The third kappa shape index (κ3) is 4.96. The zero-order valence-electron chi connectivity index (χ0n) is 14.4. The highest BCUT2D eigenvalue weighted by molar-refractivity contribution is 7.99. The first-order chi connectivity index (χ1) is 11.2. The number of hydrogen-bond acceptors (Lipinski definition) is 4. The van der Waals surface area contributed by atoms with Crippen LogP contribution in [-0.2, 0) is 6.54 Å². The SMILES string of the molecule is CN=C(NCc1ccc(OC)c(OC)c1)NC1CCC(SC)C1. The van der Waals surface area contributed by atoms with E-state index in [4.69, 9.17) is 9.47 Å². The molecule has 23 heavy (non-hydrogen) atoms. The van der Waals surface area contributed by atoms with Crippen molar-refractivity contribution in [3.63, 3.8) is 0 Å². The summed E-state index contributed by atoms with van der Waals surface area (Å²) in [6, 6.07) is 6.45. The summed E-state index contributed by atoms with van der Waals surface area (Å²) in [5.74, 6) is 2.34. The fourth-order valence-electron chi connectivity index (χ4n) is 2.85. The normalized spacial score (nSPS) is 21.1. The molecule has 0 spiro atoms. The Morgan fingerprint density at radius 2 is 2.04 bits per heavy atom. The van der Waals surface area contributed by atoms with Crippen LogP contribution in [0.2, 0.25) is 0 Å². The van der Waals surface area contributed by atoms with Crippen molar-refractivity contribution in [2.24, 2.45) is 4.99 Å². The Hall–Kier alpha value is -1.56. The van der Waals surface area contributed by atoms with Crippen LogP contribution in [0.1, 0.15) is 24.8 Å². The van der Waals surface area contributed by atoms with Crippen LogP contribution in [0.25, 0.3) is 0 Å². The Morgan fingerprint density at radius 3 is 2.65 bits per heavy atom. The highest BCUT2D eigenvalue weighted by atomic mass is 32.2. The van der Waals surface area contributed by atoms with Crippen LogP contribution in [0.4, 0.5) is 0 Å². The molecule has 2 unspecified atom stereocenters. The van der Waals surface area contributed by atoms with Crippen LogP contribution < -0.4 is 20.1 Å². The Balaban J connectivity index is 1.88. The van der Waals surface area contributed by atoms with E-state index in [2.05, 4.69) is 21.9 Å².